The number of carbonyl (C=O) groups excluding carboxylic acids is 1. The highest BCUT2D eigenvalue weighted by Crippen LogP contribution is 2.30. The number of carboxylic acid groups (broad SMARTS) is 1. The van der Waals surface area contributed by atoms with Gasteiger partial charge in [0, 0.05) is 31.6 Å². The van der Waals surface area contributed by atoms with Gasteiger partial charge in [-0.3, -0.25) is 4.79 Å². The van der Waals surface area contributed by atoms with E-state index in [-0.39, 0.29) is 5.91 Å². The second kappa shape index (κ2) is 12.1. The minimum atomic E-state index is -0.954. The maximum absolute atomic E-state index is 13.4. The number of piperidine rings is 1. The summed E-state index contributed by atoms with van der Waals surface area (Å²) in [5.41, 5.74) is 1.58. The lowest BCUT2D eigenvalue weighted by Crippen LogP contribution is -2.40. The number of likely N-dealkylation sites (tertiary alicyclic amines) is 1. The molecule has 200 valence electrons. The van der Waals surface area contributed by atoms with Crippen molar-refractivity contribution in [2.24, 2.45) is 17.8 Å². The van der Waals surface area contributed by atoms with Crippen molar-refractivity contribution in [1.29, 1.82) is 0 Å². The van der Waals surface area contributed by atoms with Crippen molar-refractivity contribution in [3.05, 3.63) is 35.9 Å². The fourth-order valence-corrected chi connectivity index (χ4v) is 6.14. The summed E-state index contributed by atoms with van der Waals surface area (Å²) in [4.78, 5) is 34.0. The van der Waals surface area contributed by atoms with E-state index in [2.05, 4.69) is 20.4 Å². The molecule has 1 aromatic heterocycles. The summed E-state index contributed by atoms with van der Waals surface area (Å²) in [5.74, 6) is 2.51. The standard InChI is InChI=1S/C29H41N5O3/c35-28(30-19-22-6-8-23(9-7-22)20-31-29(36)37)25-18-27(32-26-5-2-1-4-24(25)26)34-16-11-21(12-17-34)10-15-33-13-3-14-33/h1-2,4-5,18,21-23,31H,3,6-17,19-20H2,(H,30,35)(H,36,37)/t22-,23-. The third-order valence-electron chi connectivity index (χ3n) is 8.75. The van der Waals surface area contributed by atoms with E-state index in [0.29, 0.717) is 30.5 Å². The van der Waals surface area contributed by atoms with Crippen molar-refractivity contribution < 1.29 is 14.7 Å². The molecule has 2 saturated heterocycles. The van der Waals surface area contributed by atoms with E-state index < -0.39 is 6.09 Å². The average Bonchev–Trinajstić information content (AvgIpc) is 2.90. The van der Waals surface area contributed by atoms with Crippen LogP contribution in [-0.2, 0) is 0 Å². The first-order valence-corrected chi connectivity index (χ1v) is 14.2. The number of hydrogen-bond donors (Lipinski definition) is 3. The molecule has 0 unspecified atom stereocenters. The molecule has 0 bridgehead atoms. The molecule has 1 aromatic carbocycles. The van der Waals surface area contributed by atoms with Gasteiger partial charge in [-0.1, -0.05) is 18.2 Å². The normalized spacial score (nSPS) is 23.0. The Bertz CT molecular complexity index is 1070. The number of nitrogens with zero attached hydrogens (tertiary/aromatic N) is 3. The van der Waals surface area contributed by atoms with Crippen molar-refractivity contribution in [2.75, 3.05) is 50.7 Å². The SMILES string of the molecule is O=C(O)NC[C@H]1CC[C@H](CNC(=O)c2cc(N3CCC(CCN4CCC4)CC3)nc3ccccc23)CC1. The van der Waals surface area contributed by atoms with Crippen LogP contribution in [0.15, 0.2) is 30.3 Å². The van der Waals surface area contributed by atoms with Crippen molar-refractivity contribution >= 4 is 28.7 Å². The monoisotopic (exact) mass is 507 g/mol. The number of amides is 2. The summed E-state index contributed by atoms with van der Waals surface area (Å²) in [7, 11) is 0. The molecule has 0 atom stereocenters. The highest BCUT2D eigenvalue weighted by atomic mass is 16.4. The van der Waals surface area contributed by atoms with E-state index in [1.807, 2.05) is 30.3 Å². The summed E-state index contributed by atoms with van der Waals surface area (Å²) in [6, 6.07) is 9.94. The van der Waals surface area contributed by atoms with Crippen LogP contribution in [0.2, 0.25) is 0 Å². The zero-order valence-corrected chi connectivity index (χ0v) is 21.8. The predicted octanol–water partition coefficient (Wildman–Crippen LogP) is 4.35. The number of fused-ring (bicyclic) bond motifs is 1. The van der Waals surface area contributed by atoms with Gasteiger partial charge in [0.2, 0.25) is 0 Å². The van der Waals surface area contributed by atoms with Crippen LogP contribution in [0.25, 0.3) is 10.9 Å². The van der Waals surface area contributed by atoms with Gasteiger partial charge in [-0.2, -0.15) is 0 Å². The summed E-state index contributed by atoms with van der Waals surface area (Å²) in [6.45, 7) is 6.97. The zero-order chi connectivity index (χ0) is 25.6. The van der Waals surface area contributed by atoms with Crippen molar-refractivity contribution in [1.82, 2.24) is 20.5 Å². The van der Waals surface area contributed by atoms with Crippen molar-refractivity contribution in [3.8, 4) is 0 Å². The molecular weight excluding hydrogens is 466 g/mol. The van der Waals surface area contributed by atoms with E-state index in [1.165, 1.54) is 45.3 Å². The quantitative estimate of drug-likeness (QED) is 0.467. The summed E-state index contributed by atoms with van der Waals surface area (Å²) < 4.78 is 0. The fraction of sp³-hybridized carbons (Fsp3) is 0.621. The third kappa shape index (κ3) is 6.72. The number of hydrogen-bond acceptors (Lipinski definition) is 5. The second-order valence-corrected chi connectivity index (χ2v) is 11.2. The Labute approximate surface area is 219 Å². The molecule has 2 aromatic rings. The van der Waals surface area contributed by atoms with Crippen LogP contribution in [0.1, 0.15) is 61.7 Å². The molecule has 3 heterocycles. The number of benzene rings is 1. The van der Waals surface area contributed by atoms with Gasteiger partial charge in [-0.15, -0.1) is 0 Å². The molecule has 0 radical (unpaired) electrons. The minimum absolute atomic E-state index is 0.0287. The van der Waals surface area contributed by atoms with E-state index in [0.717, 1.165) is 61.4 Å². The summed E-state index contributed by atoms with van der Waals surface area (Å²) in [5, 5.41) is 15.4. The van der Waals surface area contributed by atoms with Gasteiger partial charge in [-0.25, -0.2) is 9.78 Å². The summed E-state index contributed by atoms with van der Waals surface area (Å²) in [6.07, 6.45) is 8.10. The first-order valence-electron chi connectivity index (χ1n) is 14.2. The Balaban J connectivity index is 1.18. The van der Waals surface area contributed by atoms with Crippen LogP contribution >= 0.6 is 0 Å². The molecule has 1 aliphatic carbocycles. The first kappa shape index (κ1) is 25.8. The Morgan fingerprint density at radius 2 is 1.57 bits per heavy atom. The van der Waals surface area contributed by atoms with Gasteiger partial charge in [0.25, 0.3) is 5.91 Å². The van der Waals surface area contributed by atoms with Gasteiger partial charge >= 0.3 is 6.09 Å². The lowest BCUT2D eigenvalue weighted by Gasteiger charge is -2.36. The zero-order valence-electron chi connectivity index (χ0n) is 21.8. The predicted molar refractivity (Wildman–Crippen MR) is 146 cm³/mol. The largest absolute Gasteiger partial charge is 0.465 e. The molecule has 5 rings (SSSR count). The van der Waals surface area contributed by atoms with Crippen LogP contribution in [0, 0.1) is 17.8 Å². The molecule has 2 amide bonds. The lowest BCUT2D eigenvalue weighted by molar-refractivity contribution is 0.0942. The molecule has 1 saturated carbocycles. The highest BCUT2D eigenvalue weighted by Gasteiger charge is 2.25. The van der Waals surface area contributed by atoms with Gasteiger partial charge in [0.05, 0.1) is 11.1 Å². The lowest BCUT2D eigenvalue weighted by atomic mass is 9.82. The van der Waals surface area contributed by atoms with Crippen LogP contribution < -0.4 is 15.5 Å². The topological polar surface area (TPSA) is 97.8 Å². The molecular formula is C29H41N5O3. The van der Waals surface area contributed by atoms with E-state index >= 15 is 0 Å². The van der Waals surface area contributed by atoms with Crippen molar-refractivity contribution in [2.45, 2.75) is 51.4 Å². The molecule has 0 spiro atoms. The van der Waals surface area contributed by atoms with Gasteiger partial charge in [-0.05, 0) is 101 Å². The Morgan fingerprint density at radius 3 is 2.22 bits per heavy atom. The molecule has 3 N–H and O–H groups in total. The van der Waals surface area contributed by atoms with Gasteiger partial charge in [0.15, 0.2) is 0 Å². The number of aromatic nitrogens is 1. The maximum atomic E-state index is 13.4. The Kier molecular flexibility index (Phi) is 8.44. The molecule has 37 heavy (non-hydrogen) atoms. The molecule has 3 fully saturated rings. The Morgan fingerprint density at radius 1 is 0.892 bits per heavy atom. The van der Waals surface area contributed by atoms with Crippen LogP contribution in [0.3, 0.4) is 0 Å². The number of rotatable bonds is 9. The number of carbonyl (C=O) groups is 2. The first-order chi connectivity index (χ1) is 18.0. The van der Waals surface area contributed by atoms with Crippen LogP contribution in [-0.4, -0.2) is 72.8 Å². The minimum Gasteiger partial charge on any atom is -0.465 e. The Hall–Kier alpha value is -2.87. The van der Waals surface area contributed by atoms with E-state index in [1.54, 1.807) is 0 Å². The number of pyridine rings is 1. The molecule has 2 aliphatic heterocycles. The average molecular weight is 508 g/mol. The van der Waals surface area contributed by atoms with Crippen LogP contribution in [0.4, 0.5) is 10.6 Å². The maximum Gasteiger partial charge on any atom is 0.404 e. The third-order valence-corrected chi connectivity index (χ3v) is 8.75. The molecule has 8 heteroatoms. The second-order valence-electron chi connectivity index (χ2n) is 11.2. The fourth-order valence-electron chi connectivity index (χ4n) is 6.14. The summed E-state index contributed by atoms with van der Waals surface area (Å²) >= 11 is 0. The molecule has 8 nitrogen and oxygen atoms in total. The van der Waals surface area contributed by atoms with E-state index in [4.69, 9.17) is 10.1 Å². The smallest absolute Gasteiger partial charge is 0.404 e. The van der Waals surface area contributed by atoms with Crippen LogP contribution in [0.5, 0.6) is 0 Å². The van der Waals surface area contributed by atoms with E-state index in [9.17, 15) is 9.59 Å². The van der Waals surface area contributed by atoms with Crippen molar-refractivity contribution in [3.63, 3.8) is 0 Å². The number of nitrogens with one attached hydrogen (secondary N) is 2. The molecule has 3 aliphatic rings. The van der Waals surface area contributed by atoms with Gasteiger partial charge < -0.3 is 25.5 Å². The highest BCUT2D eigenvalue weighted by molar-refractivity contribution is 6.07. The number of anilines is 1. The van der Waals surface area contributed by atoms with Gasteiger partial charge in [0.1, 0.15) is 5.82 Å². The number of para-hydroxylation sites is 1.